The zero-order valence-corrected chi connectivity index (χ0v) is 11.9. The van der Waals surface area contributed by atoms with Crippen molar-refractivity contribution in [1.82, 2.24) is 4.98 Å². The molecule has 2 rings (SSSR count). The van der Waals surface area contributed by atoms with Crippen LogP contribution in [0.1, 0.15) is 6.92 Å². The molecule has 106 valence electrons. The molecule has 1 aromatic heterocycles. The maximum absolute atomic E-state index is 11.4. The molecule has 1 unspecified atom stereocenters. The molecule has 0 aliphatic carbocycles. The number of nitrogens with one attached hydrogen (secondary N) is 1. The monoisotopic (exact) mass is 293 g/mol. The number of nitro groups is 1. The number of rotatable bonds is 6. The van der Waals surface area contributed by atoms with Crippen LogP contribution < -0.4 is 5.32 Å². The van der Waals surface area contributed by atoms with Crippen molar-refractivity contribution in [2.24, 2.45) is 0 Å². The summed E-state index contributed by atoms with van der Waals surface area (Å²) in [4.78, 5) is 14.7. The van der Waals surface area contributed by atoms with Gasteiger partial charge in [0.25, 0.3) is 0 Å². The van der Waals surface area contributed by atoms with Crippen molar-refractivity contribution in [3.8, 4) is 0 Å². The Morgan fingerprint density at radius 1 is 1.40 bits per heavy atom. The minimum absolute atomic E-state index is 0.0639. The summed E-state index contributed by atoms with van der Waals surface area (Å²) in [6, 6.07) is 7.23. The van der Waals surface area contributed by atoms with Crippen LogP contribution >= 0.6 is 0 Å². The molecule has 0 radical (unpaired) electrons. The predicted molar refractivity (Wildman–Crippen MR) is 80.4 cm³/mol. The van der Waals surface area contributed by atoms with E-state index < -0.39 is 15.7 Å². The predicted octanol–water partition coefficient (Wildman–Crippen LogP) is 2.32. The Balaban J connectivity index is 2.34. The lowest BCUT2D eigenvalue weighted by Crippen LogP contribution is -2.13. The molecule has 2 aromatic rings. The number of para-hydroxylation sites is 1. The second-order valence-corrected chi connectivity index (χ2v) is 6.02. The maximum atomic E-state index is 11.4. The Morgan fingerprint density at radius 3 is 2.85 bits per heavy atom. The summed E-state index contributed by atoms with van der Waals surface area (Å²) >= 11 is 0. The average Bonchev–Trinajstić information content (AvgIpc) is 2.46. The zero-order valence-electron chi connectivity index (χ0n) is 11.0. The van der Waals surface area contributed by atoms with Crippen LogP contribution in [0.15, 0.2) is 30.5 Å². The summed E-state index contributed by atoms with van der Waals surface area (Å²) in [5.41, 5.74) is 1.07. The fraction of sp³-hybridized carbons (Fsp3) is 0.308. The van der Waals surface area contributed by atoms with E-state index >= 15 is 0 Å². The van der Waals surface area contributed by atoms with Gasteiger partial charge in [-0.1, -0.05) is 25.1 Å². The van der Waals surface area contributed by atoms with E-state index in [1.165, 1.54) is 6.20 Å². The fourth-order valence-electron chi connectivity index (χ4n) is 1.89. The smallest absolute Gasteiger partial charge is 0.311 e. The van der Waals surface area contributed by atoms with Crippen LogP contribution in [-0.2, 0) is 10.8 Å². The van der Waals surface area contributed by atoms with Gasteiger partial charge in [-0.2, -0.15) is 0 Å². The first-order chi connectivity index (χ1) is 9.63. The van der Waals surface area contributed by atoms with Crippen molar-refractivity contribution in [2.75, 3.05) is 23.4 Å². The number of anilines is 1. The van der Waals surface area contributed by atoms with E-state index in [1.807, 2.05) is 19.1 Å². The minimum atomic E-state index is -0.900. The topological polar surface area (TPSA) is 85.1 Å². The number of benzene rings is 1. The Morgan fingerprint density at radius 2 is 2.15 bits per heavy atom. The molecule has 1 N–H and O–H groups in total. The van der Waals surface area contributed by atoms with Crippen molar-refractivity contribution >= 4 is 33.1 Å². The number of aromatic nitrogens is 1. The van der Waals surface area contributed by atoms with Crippen LogP contribution in [0.5, 0.6) is 0 Å². The normalized spacial score (nSPS) is 12.2. The molecule has 0 fully saturated rings. The molecule has 20 heavy (non-hydrogen) atoms. The van der Waals surface area contributed by atoms with Gasteiger partial charge in [-0.05, 0) is 6.07 Å². The quantitative estimate of drug-likeness (QED) is 0.652. The van der Waals surface area contributed by atoms with Gasteiger partial charge < -0.3 is 5.32 Å². The molecule has 6 nitrogen and oxygen atoms in total. The molecule has 1 aromatic carbocycles. The highest BCUT2D eigenvalue weighted by molar-refractivity contribution is 7.84. The van der Waals surface area contributed by atoms with Gasteiger partial charge >= 0.3 is 5.69 Å². The lowest BCUT2D eigenvalue weighted by molar-refractivity contribution is -0.384. The summed E-state index contributed by atoms with van der Waals surface area (Å²) in [5.74, 6) is 1.05. The van der Waals surface area contributed by atoms with Gasteiger partial charge in [0, 0.05) is 34.2 Å². The van der Waals surface area contributed by atoms with E-state index in [4.69, 9.17) is 0 Å². The second kappa shape index (κ2) is 6.42. The lowest BCUT2D eigenvalue weighted by Gasteiger charge is -2.09. The highest BCUT2D eigenvalue weighted by atomic mass is 32.2. The molecule has 0 aliphatic rings. The maximum Gasteiger partial charge on any atom is 0.311 e. The Hall–Kier alpha value is -2.02. The average molecular weight is 293 g/mol. The summed E-state index contributed by atoms with van der Waals surface area (Å²) in [7, 11) is -0.900. The lowest BCUT2D eigenvalue weighted by atomic mass is 10.1. The molecule has 0 amide bonds. The summed E-state index contributed by atoms with van der Waals surface area (Å²) in [6.45, 7) is 2.27. The van der Waals surface area contributed by atoms with E-state index in [-0.39, 0.29) is 5.69 Å². The van der Waals surface area contributed by atoms with Gasteiger partial charge in [-0.3, -0.25) is 14.3 Å². The van der Waals surface area contributed by atoms with E-state index in [9.17, 15) is 14.3 Å². The number of hydrogen-bond donors (Lipinski definition) is 1. The van der Waals surface area contributed by atoms with E-state index in [2.05, 4.69) is 10.3 Å². The molecule has 0 bridgehead atoms. The van der Waals surface area contributed by atoms with Crippen molar-refractivity contribution in [3.63, 3.8) is 0 Å². The fourth-order valence-corrected chi connectivity index (χ4v) is 2.51. The molecular weight excluding hydrogens is 278 g/mol. The Labute approximate surface area is 118 Å². The zero-order chi connectivity index (χ0) is 14.5. The van der Waals surface area contributed by atoms with Crippen LogP contribution in [0.4, 0.5) is 11.4 Å². The molecular formula is C13H15N3O3S. The third kappa shape index (κ3) is 3.11. The minimum Gasteiger partial charge on any atom is -0.378 e. The molecule has 1 atom stereocenters. The Kier molecular flexibility index (Phi) is 4.62. The molecule has 0 aliphatic heterocycles. The summed E-state index contributed by atoms with van der Waals surface area (Å²) in [5, 5.41) is 14.8. The number of nitrogens with zero attached hydrogens (tertiary/aromatic N) is 2. The van der Waals surface area contributed by atoms with Gasteiger partial charge in [0.05, 0.1) is 10.4 Å². The van der Waals surface area contributed by atoms with Crippen molar-refractivity contribution in [2.45, 2.75) is 6.92 Å². The highest BCUT2D eigenvalue weighted by Crippen LogP contribution is 2.31. The van der Waals surface area contributed by atoms with Gasteiger partial charge in [-0.15, -0.1) is 0 Å². The summed E-state index contributed by atoms with van der Waals surface area (Å²) in [6.07, 6.45) is 1.25. The third-order valence-electron chi connectivity index (χ3n) is 2.91. The second-order valence-electron chi connectivity index (χ2n) is 4.15. The molecule has 0 spiro atoms. The van der Waals surface area contributed by atoms with E-state index in [1.54, 1.807) is 12.1 Å². The van der Waals surface area contributed by atoms with Crippen LogP contribution in [-0.4, -0.2) is 32.2 Å². The van der Waals surface area contributed by atoms with Crippen molar-refractivity contribution < 1.29 is 9.13 Å². The van der Waals surface area contributed by atoms with Gasteiger partial charge in [0.2, 0.25) is 0 Å². The van der Waals surface area contributed by atoms with E-state index in [0.29, 0.717) is 34.6 Å². The molecule has 7 heteroatoms. The van der Waals surface area contributed by atoms with Crippen LogP contribution in [0, 0.1) is 10.1 Å². The molecule has 1 heterocycles. The van der Waals surface area contributed by atoms with Crippen molar-refractivity contribution in [3.05, 3.63) is 40.6 Å². The Bertz CT molecular complexity index is 660. The number of fused-ring (bicyclic) bond motifs is 1. The van der Waals surface area contributed by atoms with Crippen LogP contribution in [0.2, 0.25) is 0 Å². The number of hydrogen-bond acceptors (Lipinski definition) is 5. The van der Waals surface area contributed by atoms with Crippen LogP contribution in [0.3, 0.4) is 0 Å². The first kappa shape index (κ1) is 14.4. The standard InChI is InChI=1S/C13H15N3O3S/c1-2-20(19)8-7-14-13-10-5-3-4-6-11(10)15-9-12(13)16(17)18/h3-6,9H,2,7-8H2,1H3,(H,14,15). The molecule has 0 saturated carbocycles. The van der Waals surface area contributed by atoms with Gasteiger partial charge in [0.15, 0.2) is 0 Å². The third-order valence-corrected chi connectivity index (χ3v) is 4.21. The number of pyridine rings is 1. The van der Waals surface area contributed by atoms with Crippen molar-refractivity contribution in [1.29, 1.82) is 0 Å². The molecule has 0 saturated heterocycles. The SMILES string of the molecule is CCS(=O)CCNc1c([N+](=O)[O-])cnc2ccccc12. The largest absolute Gasteiger partial charge is 0.378 e. The first-order valence-corrected chi connectivity index (χ1v) is 7.73. The van der Waals surface area contributed by atoms with Crippen LogP contribution in [0.25, 0.3) is 10.9 Å². The summed E-state index contributed by atoms with van der Waals surface area (Å²) < 4.78 is 11.4. The van der Waals surface area contributed by atoms with E-state index in [0.717, 1.165) is 0 Å². The van der Waals surface area contributed by atoms with Gasteiger partial charge in [-0.25, -0.2) is 4.98 Å². The highest BCUT2D eigenvalue weighted by Gasteiger charge is 2.17. The van der Waals surface area contributed by atoms with Gasteiger partial charge in [0.1, 0.15) is 11.9 Å². The first-order valence-electron chi connectivity index (χ1n) is 6.24.